The number of hydrogen-bond acceptors (Lipinski definition) is 5. The van der Waals surface area contributed by atoms with Crippen molar-refractivity contribution in [3.8, 4) is 0 Å². The van der Waals surface area contributed by atoms with Gasteiger partial charge < -0.3 is 0 Å². The first-order chi connectivity index (χ1) is 9.95. The summed E-state index contributed by atoms with van der Waals surface area (Å²) in [5.41, 5.74) is 1.41. The molecule has 0 saturated heterocycles. The Morgan fingerprint density at radius 3 is 2.76 bits per heavy atom. The average molecular weight is 323 g/mol. The molecule has 1 aromatic carbocycles. The lowest BCUT2D eigenvalue weighted by Crippen LogP contribution is -2.12. The molecular weight excluding hydrogens is 306 g/mol. The number of anilines is 1. The Morgan fingerprint density at radius 2 is 2.14 bits per heavy atom. The molecule has 112 valence electrons. The highest BCUT2D eigenvalue weighted by atomic mass is 32.2. The molecule has 0 aliphatic carbocycles. The molecule has 0 aliphatic rings. The molecule has 5 nitrogen and oxygen atoms in total. The highest BCUT2D eigenvalue weighted by Gasteiger charge is 2.12. The Kier molecular flexibility index (Phi) is 5.19. The maximum Gasteiger partial charge on any atom is 0.257 e. The maximum atomic E-state index is 12.2. The van der Waals surface area contributed by atoms with E-state index in [1.165, 1.54) is 11.3 Å². The first-order valence-corrected chi connectivity index (χ1v) is 9.04. The minimum absolute atomic E-state index is 0.231. The van der Waals surface area contributed by atoms with Gasteiger partial charge in [-0.2, -0.15) is 0 Å². The van der Waals surface area contributed by atoms with Gasteiger partial charge in [-0.1, -0.05) is 37.3 Å². The third-order valence-electron chi connectivity index (χ3n) is 2.71. The molecule has 21 heavy (non-hydrogen) atoms. The third-order valence-corrected chi connectivity index (χ3v) is 4.59. The second kappa shape index (κ2) is 6.91. The molecule has 0 unspecified atom stereocenters. The van der Waals surface area contributed by atoms with Crippen LogP contribution in [-0.4, -0.2) is 26.6 Å². The number of nitrogens with zero attached hydrogens (tertiary/aromatic N) is 2. The molecule has 2 rings (SSSR count). The van der Waals surface area contributed by atoms with Crippen molar-refractivity contribution in [3.63, 3.8) is 0 Å². The smallest absolute Gasteiger partial charge is 0.257 e. The van der Waals surface area contributed by atoms with E-state index in [1.807, 2.05) is 19.9 Å². The molecule has 1 amide bonds. The van der Waals surface area contributed by atoms with E-state index in [0.29, 0.717) is 16.4 Å². The van der Waals surface area contributed by atoms with E-state index >= 15 is 0 Å². The SMILES string of the molecule is CC(C)c1nnc(NC(=O)c2cccc(C[S@](C)=O)c2)s1. The molecule has 1 heterocycles. The third kappa shape index (κ3) is 4.44. The number of rotatable bonds is 5. The lowest BCUT2D eigenvalue weighted by molar-refractivity contribution is 0.102. The molecule has 2 aromatic rings. The van der Waals surface area contributed by atoms with E-state index in [9.17, 15) is 9.00 Å². The molecule has 0 spiro atoms. The first-order valence-electron chi connectivity index (χ1n) is 6.49. The number of carbonyl (C=O) groups excluding carboxylic acids is 1. The number of nitrogens with one attached hydrogen (secondary N) is 1. The van der Waals surface area contributed by atoms with Gasteiger partial charge in [-0.3, -0.25) is 14.3 Å². The fraction of sp³-hybridized carbons (Fsp3) is 0.357. The second-order valence-electron chi connectivity index (χ2n) is 4.97. The van der Waals surface area contributed by atoms with Crippen LogP contribution in [-0.2, 0) is 16.6 Å². The predicted octanol–water partition coefficient (Wildman–Crippen LogP) is 2.79. The number of hydrogen-bond donors (Lipinski definition) is 1. The van der Waals surface area contributed by atoms with E-state index < -0.39 is 10.8 Å². The van der Waals surface area contributed by atoms with Crippen molar-refractivity contribution in [3.05, 3.63) is 40.4 Å². The van der Waals surface area contributed by atoms with Gasteiger partial charge in [0, 0.05) is 34.3 Å². The molecule has 0 bridgehead atoms. The zero-order valence-corrected chi connectivity index (χ0v) is 13.8. The molecule has 0 fully saturated rings. The maximum absolute atomic E-state index is 12.2. The average Bonchev–Trinajstić information content (AvgIpc) is 2.87. The lowest BCUT2D eigenvalue weighted by Gasteiger charge is -2.04. The summed E-state index contributed by atoms with van der Waals surface area (Å²) < 4.78 is 11.2. The minimum Gasteiger partial charge on any atom is -0.296 e. The van der Waals surface area contributed by atoms with E-state index in [-0.39, 0.29) is 11.8 Å². The second-order valence-corrected chi connectivity index (χ2v) is 7.42. The Labute approximate surface area is 130 Å². The number of carbonyl (C=O) groups is 1. The van der Waals surface area contributed by atoms with Crippen LogP contribution in [0, 0.1) is 0 Å². The van der Waals surface area contributed by atoms with Crippen molar-refractivity contribution in [2.24, 2.45) is 0 Å². The summed E-state index contributed by atoms with van der Waals surface area (Å²) in [6.07, 6.45) is 1.64. The summed E-state index contributed by atoms with van der Waals surface area (Å²) in [4.78, 5) is 12.2. The molecule has 1 N–H and O–H groups in total. The Balaban J connectivity index is 2.10. The quantitative estimate of drug-likeness (QED) is 0.918. The van der Waals surface area contributed by atoms with Crippen molar-refractivity contribution in [1.29, 1.82) is 0 Å². The van der Waals surface area contributed by atoms with Gasteiger partial charge in [0.25, 0.3) is 5.91 Å². The fourth-order valence-corrected chi connectivity index (χ4v) is 3.11. The topological polar surface area (TPSA) is 72.0 Å². The van der Waals surface area contributed by atoms with Crippen molar-refractivity contribution in [2.45, 2.75) is 25.5 Å². The van der Waals surface area contributed by atoms with Gasteiger partial charge in [-0.05, 0) is 17.7 Å². The summed E-state index contributed by atoms with van der Waals surface area (Å²) in [7, 11) is -0.930. The largest absolute Gasteiger partial charge is 0.296 e. The summed E-state index contributed by atoms with van der Waals surface area (Å²) in [5.74, 6) is 0.499. The van der Waals surface area contributed by atoms with Crippen LogP contribution < -0.4 is 5.32 Å². The molecule has 7 heteroatoms. The van der Waals surface area contributed by atoms with Gasteiger partial charge in [-0.15, -0.1) is 10.2 Å². The highest BCUT2D eigenvalue weighted by molar-refractivity contribution is 7.83. The van der Waals surface area contributed by atoms with Crippen LogP contribution in [0.4, 0.5) is 5.13 Å². The van der Waals surface area contributed by atoms with Gasteiger partial charge in [0.15, 0.2) is 0 Å². The van der Waals surface area contributed by atoms with Crippen LogP contribution in [0.15, 0.2) is 24.3 Å². The zero-order valence-electron chi connectivity index (χ0n) is 12.1. The Hall–Kier alpha value is -1.60. The van der Waals surface area contributed by atoms with Gasteiger partial charge >= 0.3 is 0 Å². The fourth-order valence-electron chi connectivity index (χ4n) is 1.72. The van der Waals surface area contributed by atoms with E-state index in [1.54, 1.807) is 24.5 Å². The summed E-state index contributed by atoms with van der Waals surface area (Å²) in [5, 5.41) is 12.1. The van der Waals surface area contributed by atoms with Gasteiger partial charge in [0.1, 0.15) is 5.01 Å². The van der Waals surface area contributed by atoms with Crippen LogP contribution in [0.1, 0.15) is 40.7 Å². The molecule has 1 atom stereocenters. The van der Waals surface area contributed by atoms with Crippen LogP contribution in [0.5, 0.6) is 0 Å². The predicted molar refractivity (Wildman–Crippen MR) is 86.2 cm³/mol. The van der Waals surface area contributed by atoms with E-state index in [0.717, 1.165) is 10.6 Å². The highest BCUT2D eigenvalue weighted by Crippen LogP contribution is 2.22. The van der Waals surface area contributed by atoms with Crippen molar-refractivity contribution in [1.82, 2.24) is 10.2 Å². The minimum atomic E-state index is -0.930. The molecule has 0 radical (unpaired) electrons. The molecule has 1 aromatic heterocycles. The molecule has 0 saturated carbocycles. The summed E-state index contributed by atoms with van der Waals surface area (Å²) in [6.45, 7) is 4.06. The van der Waals surface area contributed by atoms with Gasteiger partial charge in [0.2, 0.25) is 5.13 Å². The van der Waals surface area contributed by atoms with Gasteiger partial charge in [-0.25, -0.2) is 0 Å². The van der Waals surface area contributed by atoms with Crippen LogP contribution >= 0.6 is 11.3 Å². The summed E-state index contributed by atoms with van der Waals surface area (Å²) >= 11 is 1.38. The van der Waals surface area contributed by atoms with E-state index in [4.69, 9.17) is 0 Å². The number of aromatic nitrogens is 2. The standard InChI is InChI=1S/C14H17N3O2S2/c1-9(2)13-16-17-14(20-13)15-12(18)11-6-4-5-10(7-11)8-21(3)19/h4-7,9H,8H2,1-3H3,(H,15,17,18)/t21-/m0/s1. The van der Waals surface area contributed by atoms with E-state index in [2.05, 4.69) is 15.5 Å². The number of benzene rings is 1. The van der Waals surface area contributed by atoms with Crippen molar-refractivity contribution >= 4 is 33.2 Å². The lowest BCUT2D eigenvalue weighted by atomic mass is 10.1. The summed E-state index contributed by atoms with van der Waals surface area (Å²) in [6, 6.07) is 7.12. The Morgan fingerprint density at radius 1 is 1.38 bits per heavy atom. The molecular formula is C14H17N3O2S2. The first kappa shape index (κ1) is 15.8. The normalized spacial score (nSPS) is 12.4. The monoisotopic (exact) mass is 323 g/mol. The molecule has 0 aliphatic heterocycles. The van der Waals surface area contributed by atoms with Crippen LogP contribution in [0.3, 0.4) is 0 Å². The van der Waals surface area contributed by atoms with Crippen LogP contribution in [0.2, 0.25) is 0 Å². The van der Waals surface area contributed by atoms with Crippen molar-refractivity contribution in [2.75, 3.05) is 11.6 Å². The van der Waals surface area contributed by atoms with Crippen molar-refractivity contribution < 1.29 is 9.00 Å². The van der Waals surface area contributed by atoms with Gasteiger partial charge in [0.05, 0.1) is 0 Å². The Bertz CT molecular complexity index is 668. The van der Waals surface area contributed by atoms with Crippen LogP contribution in [0.25, 0.3) is 0 Å². The number of amides is 1. The zero-order chi connectivity index (χ0) is 15.4.